The number of amides is 1. The molecule has 0 heterocycles. The number of hydrogen-bond acceptors (Lipinski definition) is 5. The highest BCUT2D eigenvalue weighted by Gasteiger charge is 2.14. The van der Waals surface area contributed by atoms with Gasteiger partial charge in [0.25, 0.3) is 11.7 Å². The maximum Gasteiger partial charge on any atom is 0.376 e. The molecule has 1 aromatic carbocycles. The molecule has 6 nitrogen and oxygen atoms in total. The Bertz CT molecular complexity index is 431. The number of carbonyl (C=O) groups excluding carboxylic acids is 3. The highest BCUT2D eigenvalue weighted by molar-refractivity contribution is 6.34. The number of hydrogen-bond donors (Lipinski definition) is 2. The normalized spacial score (nSPS) is 9.61. The van der Waals surface area contributed by atoms with Crippen LogP contribution in [0.25, 0.3) is 0 Å². The van der Waals surface area contributed by atoms with Crippen LogP contribution in [-0.4, -0.2) is 30.8 Å². The first-order valence-corrected chi connectivity index (χ1v) is 5.43. The van der Waals surface area contributed by atoms with E-state index >= 15 is 0 Å². The number of rotatable bonds is 6. The number of nitrogens with one attached hydrogen (secondary N) is 2. The van der Waals surface area contributed by atoms with Crippen molar-refractivity contribution < 1.29 is 19.1 Å². The predicted molar refractivity (Wildman–Crippen MR) is 63.6 cm³/mol. The zero-order chi connectivity index (χ0) is 13.4. The predicted octanol–water partition coefficient (Wildman–Crippen LogP) is 0.0532. The molecule has 0 fully saturated rings. The van der Waals surface area contributed by atoms with Crippen LogP contribution in [0.3, 0.4) is 0 Å². The quantitative estimate of drug-likeness (QED) is 0.423. The Morgan fingerprint density at radius 3 is 2.44 bits per heavy atom. The molecule has 0 aliphatic carbocycles. The van der Waals surface area contributed by atoms with Gasteiger partial charge >= 0.3 is 5.97 Å². The van der Waals surface area contributed by atoms with Crippen LogP contribution in [0.2, 0.25) is 0 Å². The molecule has 0 radical (unpaired) electrons. The van der Waals surface area contributed by atoms with Crippen LogP contribution in [0.15, 0.2) is 30.3 Å². The van der Waals surface area contributed by atoms with E-state index in [-0.39, 0.29) is 19.1 Å². The van der Waals surface area contributed by atoms with E-state index in [1.165, 1.54) is 0 Å². The average molecular weight is 250 g/mol. The van der Waals surface area contributed by atoms with Gasteiger partial charge in [-0.3, -0.25) is 15.0 Å². The molecule has 0 aliphatic rings. The molecule has 0 saturated carbocycles. The van der Waals surface area contributed by atoms with Gasteiger partial charge in [0.05, 0.1) is 13.2 Å². The second-order valence-corrected chi connectivity index (χ2v) is 3.32. The third kappa shape index (κ3) is 4.34. The Morgan fingerprint density at radius 2 is 1.83 bits per heavy atom. The molecule has 96 valence electrons. The molecule has 1 rings (SSSR count). The number of ether oxygens (including phenoxy) is 1. The van der Waals surface area contributed by atoms with Gasteiger partial charge in [-0.25, -0.2) is 10.2 Å². The molecule has 0 aliphatic heterocycles. The van der Waals surface area contributed by atoms with Crippen LogP contribution in [0, 0.1) is 0 Å². The minimum absolute atomic E-state index is 0.140. The van der Waals surface area contributed by atoms with Crippen LogP contribution >= 0.6 is 0 Å². The van der Waals surface area contributed by atoms with Crippen LogP contribution in [0.1, 0.15) is 17.3 Å². The van der Waals surface area contributed by atoms with Crippen molar-refractivity contribution in [2.24, 2.45) is 0 Å². The summed E-state index contributed by atoms with van der Waals surface area (Å²) < 4.78 is 4.50. The second-order valence-electron chi connectivity index (χ2n) is 3.32. The zero-order valence-corrected chi connectivity index (χ0v) is 9.93. The van der Waals surface area contributed by atoms with Crippen molar-refractivity contribution in [3.63, 3.8) is 0 Å². The summed E-state index contributed by atoms with van der Waals surface area (Å²) in [6, 6.07) is 8.49. The molecular weight excluding hydrogens is 236 g/mol. The average Bonchev–Trinajstić information content (AvgIpc) is 2.39. The molecule has 0 spiro atoms. The number of esters is 1. The van der Waals surface area contributed by atoms with Crippen LogP contribution in [0.4, 0.5) is 0 Å². The van der Waals surface area contributed by atoms with Crippen LogP contribution < -0.4 is 10.9 Å². The highest BCUT2D eigenvalue weighted by Crippen LogP contribution is 1.96. The van der Waals surface area contributed by atoms with Gasteiger partial charge in [0.2, 0.25) is 0 Å². The number of carbonyl (C=O) groups is 3. The third-order valence-corrected chi connectivity index (χ3v) is 1.99. The van der Waals surface area contributed by atoms with Crippen molar-refractivity contribution in [1.82, 2.24) is 10.9 Å². The second kappa shape index (κ2) is 7.18. The Hall–Kier alpha value is -2.21. The van der Waals surface area contributed by atoms with E-state index in [0.717, 1.165) is 0 Å². The molecule has 0 bridgehead atoms. The van der Waals surface area contributed by atoms with E-state index in [4.69, 9.17) is 0 Å². The first-order chi connectivity index (χ1) is 8.65. The fourth-order valence-corrected chi connectivity index (χ4v) is 1.15. The molecule has 6 heteroatoms. The lowest BCUT2D eigenvalue weighted by Crippen LogP contribution is -2.42. The smallest absolute Gasteiger partial charge is 0.376 e. The summed E-state index contributed by atoms with van der Waals surface area (Å²) >= 11 is 0. The van der Waals surface area contributed by atoms with Crippen LogP contribution in [0.5, 0.6) is 0 Å². The summed E-state index contributed by atoms with van der Waals surface area (Å²) in [5.74, 6) is -2.04. The molecule has 0 unspecified atom stereocenters. The van der Waals surface area contributed by atoms with Gasteiger partial charge in [-0.05, 0) is 19.1 Å². The van der Waals surface area contributed by atoms with Crippen molar-refractivity contribution in [2.45, 2.75) is 6.92 Å². The number of hydrazine groups is 1. The maximum absolute atomic E-state index is 11.5. The zero-order valence-electron chi connectivity index (χ0n) is 9.93. The number of benzene rings is 1. The van der Waals surface area contributed by atoms with E-state index in [1.807, 2.05) is 0 Å². The lowest BCUT2D eigenvalue weighted by atomic mass is 10.2. The largest absolute Gasteiger partial charge is 0.460 e. The monoisotopic (exact) mass is 250 g/mol. The highest BCUT2D eigenvalue weighted by atomic mass is 16.5. The third-order valence-electron chi connectivity index (χ3n) is 1.99. The molecule has 18 heavy (non-hydrogen) atoms. The van der Waals surface area contributed by atoms with E-state index in [0.29, 0.717) is 5.56 Å². The maximum atomic E-state index is 11.5. The summed E-state index contributed by atoms with van der Waals surface area (Å²) in [6.07, 6.45) is 0. The van der Waals surface area contributed by atoms with Crippen molar-refractivity contribution in [3.05, 3.63) is 35.9 Å². The van der Waals surface area contributed by atoms with Gasteiger partial charge in [0, 0.05) is 5.56 Å². The van der Waals surface area contributed by atoms with E-state index in [9.17, 15) is 14.4 Å². The van der Waals surface area contributed by atoms with Crippen molar-refractivity contribution in [2.75, 3.05) is 13.2 Å². The fraction of sp³-hybridized carbons (Fsp3) is 0.250. The van der Waals surface area contributed by atoms with Crippen molar-refractivity contribution in [3.8, 4) is 0 Å². The first-order valence-electron chi connectivity index (χ1n) is 5.43. The summed E-state index contributed by atoms with van der Waals surface area (Å²) in [5.41, 5.74) is 5.13. The summed E-state index contributed by atoms with van der Waals surface area (Å²) in [7, 11) is 0. The van der Waals surface area contributed by atoms with E-state index in [1.54, 1.807) is 37.3 Å². The van der Waals surface area contributed by atoms with Gasteiger partial charge in [0.15, 0.2) is 0 Å². The summed E-state index contributed by atoms with van der Waals surface area (Å²) in [4.78, 5) is 33.6. The van der Waals surface area contributed by atoms with Gasteiger partial charge in [0.1, 0.15) is 0 Å². The molecule has 1 aromatic rings. The Labute approximate surface area is 104 Å². The molecule has 1 amide bonds. The molecular formula is C12H14N2O4. The molecule has 0 saturated heterocycles. The van der Waals surface area contributed by atoms with Gasteiger partial charge in [-0.1, -0.05) is 18.2 Å². The Kier molecular flexibility index (Phi) is 5.53. The van der Waals surface area contributed by atoms with Crippen molar-refractivity contribution >= 4 is 17.7 Å². The van der Waals surface area contributed by atoms with Gasteiger partial charge in [-0.15, -0.1) is 0 Å². The van der Waals surface area contributed by atoms with E-state index in [2.05, 4.69) is 15.6 Å². The Morgan fingerprint density at radius 1 is 1.17 bits per heavy atom. The summed E-state index contributed by atoms with van der Waals surface area (Å²) in [6.45, 7) is 1.44. The first kappa shape index (κ1) is 13.9. The van der Waals surface area contributed by atoms with E-state index < -0.39 is 11.8 Å². The fourth-order valence-electron chi connectivity index (χ4n) is 1.15. The van der Waals surface area contributed by atoms with Gasteiger partial charge < -0.3 is 4.74 Å². The molecule has 0 aromatic heterocycles. The minimum atomic E-state index is -0.918. The lowest BCUT2D eigenvalue weighted by Gasteiger charge is -2.06. The number of ketones is 1. The SMILES string of the molecule is CCOC(=O)C(=O)CNNC(=O)c1ccccc1. The molecule has 0 atom stereocenters. The standard InChI is InChI=1S/C12H14N2O4/c1-2-18-12(17)10(15)8-13-14-11(16)9-6-4-3-5-7-9/h3-7,13H,2,8H2,1H3,(H,14,16). The number of Topliss-reactive ketones (excluding diaryl/α,β-unsaturated/α-hetero) is 1. The molecule has 2 N–H and O–H groups in total. The van der Waals surface area contributed by atoms with Crippen molar-refractivity contribution in [1.29, 1.82) is 0 Å². The van der Waals surface area contributed by atoms with Gasteiger partial charge in [-0.2, -0.15) is 0 Å². The topological polar surface area (TPSA) is 84.5 Å². The Balaban J connectivity index is 2.32. The minimum Gasteiger partial charge on any atom is -0.460 e. The van der Waals surface area contributed by atoms with Crippen LogP contribution in [-0.2, 0) is 14.3 Å². The summed E-state index contributed by atoms with van der Waals surface area (Å²) in [5, 5.41) is 0. The lowest BCUT2D eigenvalue weighted by molar-refractivity contribution is -0.153.